The topological polar surface area (TPSA) is 100 Å². The van der Waals surface area contributed by atoms with E-state index in [2.05, 4.69) is 27.0 Å². The molecule has 0 bridgehead atoms. The second-order valence-corrected chi connectivity index (χ2v) is 6.69. The molecule has 8 heteroatoms. The van der Waals surface area contributed by atoms with Gasteiger partial charge in [0, 0.05) is 25.4 Å². The summed E-state index contributed by atoms with van der Waals surface area (Å²) in [6, 6.07) is 2.87. The zero-order valence-corrected chi connectivity index (χ0v) is 12.4. The van der Waals surface area contributed by atoms with E-state index in [1.54, 1.807) is 0 Å². The average molecular weight is 299 g/mol. The molecule has 1 aliphatic heterocycles. The fourth-order valence-corrected chi connectivity index (χ4v) is 3.46. The Morgan fingerprint density at radius 2 is 2.35 bits per heavy atom. The largest absolute Gasteiger partial charge is 0.308 e. The Hall–Kier alpha value is -1.22. The van der Waals surface area contributed by atoms with E-state index in [9.17, 15) is 8.42 Å². The molecule has 20 heavy (non-hydrogen) atoms. The van der Waals surface area contributed by atoms with Crippen molar-refractivity contribution in [1.82, 2.24) is 14.6 Å². The molecule has 0 saturated carbocycles. The molecule has 2 heterocycles. The number of nitrogen functional groups attached to an aromatic ring is 1. The number of nitrogens with zero attached hydrogens (tertiary/aromatic N) is 2. The highest BCUT2D eigenvalue weighted by atomic mass is 32.2. The molecule has 4 N–H and O–H groups in total. The van der Waals surface area contributed by atoms with Crippen LogP contribution >= 0.6 is 0 Å². The summed E-state index contributed by atoms with van der Waals surface area (Å²) in [4.78, 5) is 6.39. The monoisotopic (exact) mass is 299 g/mol. The molecule has 1 aromatic heterocycles. The second-order valence-electron chi connectivity index (χ2n) is 4.92. The van der Waals surface area contributed by atoms with Crippen molar-refractivity contribution in [2.24, 2.45) is 11.8 Å². The van der Waals surface area contributed by atoms with Crippen molar-refractivity contribution in [2.45, 2.75) is 18.2 Å². The van der Waals surface area contributed by atoms with Crippen molar-refractivity contribution in [3.8, 4) is 0 Å². The third-order valence-electron chi connectivity index (χ3n) is 3.57. The highest BCUT2D eigenvalue weighted by Gasteiger charge is 2.23. The van der Waals surface area contributed by atoms with Crippen LogP contribution in [0.3, 0.4) is 0 Å². The van der Waals surface area contributed by atoms with E-state index < -0.39 is 10.0 Å². The lowest BCUT2D eigenvalue weighted by atomic mass is 10.1. The number of nitrogens with two attached hydrogens (primary N) is 1. The maximum atomic E-state index is 12.2. The van der Waals surface area contributed by atoms with Crippen molar-refractivity contribution >= 4 is 15.8 Å². The first-order chi connectivity index (χ1) is 9.55. The van der Waals surface area contributed by atoms with Crippen molar-refractivity contribution in [2.75, 3.05) is 31.6 Å². The smallest absolute Gasteiger partial charge is 0.240 e. The van der Waals surface area contributed by atoms with Gasteiger partial charge in [0.25, 0.3) is 0 Å². The van der Waals surface area contributed by atoms with Gasteiger partial charge >= 0.3 is 0 Å². The molecule has 0 spiro atoms. The Balaban J connectivity index is 1.97. The number of anilines is 1. The molecule has 1 unspecified atom stereocenters. The molecule has 1 atom stereocenters. The lowest BCUT2D eigenvalue weighted by molar-refractivity contribution is 0.342. The van der Waals surface area contributed by atoms with Gasteiger partial charge in [0.1, 0.15) is 5.82 Å². The van der Waals surface area contributed by atoms with Crippen molar-refractivity contribution in [1.29, 1.82) is 0 Å². The van der Waals surface area contributed by atoms with E-state index in [-0.39, 0.29) is 4.90 Å². The summed E-state index contributed by atoms with van der Waals surface area (Å²) in [6.07, 6.45) is 2.44. The van der Waals surface area contributed by atoms with E-state index in [1.165, 1.54) is 18.3 Å². The van der Waals surface area contributed by atoms with Crippen molar-refractivity contribution in [3.63, 3.8) is 0 Å². The Labute approximate surface area is 119 Å². The summed E-state index contributed by atoms with van der Waals surface area (Å²) in [5.74, 6) is 5.93. The van der Waals surface area contributed by atoms with Crippen LogP contribution in [0.2, 0.25) is 0 Å². The van der Waals surface area contributed by atoms with E-state index >= 15 is 0 Å². The Kier molecular flexibility index (Phi) is 4.92. The first-order valence-electron chi connectivity index (χ1n) is 6.70. The van der Waals surface area contributed by atoms with Crippen molar-refractivity contribution < 1.29 is 8.42 Å². The van der Waals surface area contributed by atoms with Crippen LogP contribution in [0.25, 0.3) is 0 Å². The third-order valence-corrected chi connectivity index (χ3v) is 4.99. The minimum Gasteiger partial charge on any atom is -0.308 e. The van der Waals surface area contributed by atoms with Crippen molar-refractivity contribution in [3.05, 3.63) is 18.3 Å². The van der Waals surface area contributed by atoms with Crippen LogP contribution in [0.15, 0.2) is 23.2 Å². The minimum atomic E-state index is -3.51. The fourth-order valence-electron chi connectivity index (χ4n) is 2.33. The predicted octanol–water partition coefficient (Wildman–Crippen LogP) is -0.0127. The van der Waals surface area contributed by atoms with Crippen LogP contribution < -0.4 is 16.0 Å². The van der Waals surface area contributed by atoms with Gasteiger partial charge in [-0.05, 0) is 31.5 Å². The minimum absolute atomic E-state index is 0.172. The molecule has 1 aromatic rings. The Morgan fingerprint density at radius 3 is 3.00 bits per heavy atom. The van der Waals surface area contributed by atoms with Gasteiger partial charge in [-0.15, -0.1) is 0 Å². The average Bonchev–Trinajstić information content (AvgIpc) is 2.93. The second kappa shape index (κ2) is 6.49. The summed E-state index contributed by atoms with van der Waals surface area (Å²) in [5, 5.41) is 0. The number of pyridine rings is 1. The number of aromatic nitrogens is 1. The van der Waals surface area contributed by atoms with Crippen LogP contribution in [0, 0.1) is 5.92 Å². The van der Waals surface area contributed by atoms with Gasteiger partial charge < -0.3 is 10.3 Å². The van der Waals surface area contributed by atoms with Crippen LogP contribution in [-0.2, 0) is 10.0 Å². The molecule has 0 aromatic carbocycles. The number of nitrogens with one attached hydrogen (secondary N) is 2. The zero-order valence-electron chi connectivity index (χ0n) is 11.5. The SMILES string of the molecule is CCN1CCC(CNS(=O)(=O)c2ccnc(NN)c2)C1. The number of hydrogen-bond acceptors (Lipinski definition) is 6. The van der Waals surface area contributed by atoms with Gasteiger partial charge in [-0.2, -0.15) is 0 Å². The number of likely N-dealkylation sites (tertiary alicyclic amines) is 1. The van der Waals surface area contributed by atoms with Crippen LogP contribution in [0.5, 0.6) is 0 Å². The summed E-state index contributed by atoms with van der Waals surface area (Å²) < 4.78 is 27.0. The number of hydrogen-bond donors (Lipinski definition) is 3. The standard InChI is InChI=1S/C12H21N5O2S/c1-2-17-6-4-10(9-17)8-15-20(18,19)11-3-5-14-12(7-11)16-13/h3,5,7,10,15H,2,4,6,8-9,13H2,1H3,(H,14,16). The number of rotatable bonds is 6. The quantitative estimate of drug-likeness (QED) is 0.504. The van der Waals surface area contributed by atoms with Crippen LogP contribution in [-0.4, -0.2) is 44.5 Å². The molecular formula is C12H21N5O2S. The van der Waals surface area contributed by atoms with Gasteiger partial charge in [-0.3, -0.25) is 0 Å². The first-order valence-corrected chi connectivity index (χ1v) is 8.18. The van der Waals surface area contributed by atoms with Gasteiger partial charge in [-0.25, -0.2) is 24.0 Å². The summed E-state index contributed by atoms with van der Waals surface area (Å²) in [7, 11) is -3.51. The summed E-state index contributed by atoms with van der Waals surface area (Å²) in [6.45, 7) is 5.58. The van der Waals surface area contributed by atoms with E-state index in [0.29, 0.717) is 18.3 Å². The van der Waals surface area contributed by atoms with Gasteiger partial charge in [0.15, 0.2) is 0 Å². The highest BCUT2D eigenvalue weighted by molar-refractivity contribution is 7.89. The number of hydrazine groups is 1. The molecule has 0 amide bonds. The first kappa shape index (κ1) is 15.2. The molecule has 1 aliphatic rings. The van der Waals surface area contributed by atoms with E-state index in [4.69, 9.17) is 5.84 Å². The molecule has 112 valence electrons. The van der Waals surface area contributed by atoms with Gasteiger partial charge in [-0.1, -0.05) is 6.92 Å². The predicted molar refractivity (Wildman–Crippen MR) is 77.5 cm³/mol. The van der Waals surface area contributed by atoms with E-state index in [0.717, 1.165) is 26.1 Å². The fraction of sp³-hybridized carbons (Fsp3) is 0.583. The maximum absolute atomic E-state index is 12.2. The molecule has 2 rings (SSSR count). The summed E-state index contributed by atoms with van der Waals surface area (Å²) >= 11 is 0. The maximum Gasteiger partial charge on any atom is 0.240 e. The van der Waals surface area contributed by atoms with Gasteiger partial charge in [0.05, 0.1) is 4.90 Å². The molecule has 7 nitrogen and oxygen atoms in total. The Morgan fingerprint density at radius 1 is 1.55 bits per heavy atom. The van der Waals surface area contributed by atoms with Gasteiger partial charge in [0.2, 0.25) is 10.0 Å². The lowest BCUT2D eigenvalue weighted by Gasteiger charge is -2.14. The molecular weight excluding hydrogens is 278 g/mol. The lowest BCUT2D eigenvalue weighted by Crippen LogP contribution is -2.31. The normalized spacial score (nSPS) is 20.2. The van der Waals surface area contributed by atoms with E-state index in [1.807, 2.05) is 0 Å². The highest BCUT2D eigenvalue weighted by Crippen LogP contribution is 2.16. The molecule has 0 aliphatic carbocycles. The Bertz CT molecular complexity index is 549. The van der Waals surface area contributed by atoms with Crippen LogP contribution in [0.1, 0.15) is 13.3 Å². The molecule has 1 fully saturated rings. The number of sulfonamides is 1. The third kappa shape index (κ3) is 3.66. The zero-order chi connectivity index (χ0) is 14.6. The molecule has 0 radical (unpaired) electrons. The van der Waals surface area contributed by atoms with Crippen LogP contribution in [0.4, 0.5) is 5.82 Å². The molecule has 1 saturated heterocycles. The summed E-state index contributed by atoms with van der Waals surface area (Å²) in [5.41, 5.74) is 2.34.